The van der Waals surface area contributed by atoms with Crippen molar-refractivity contribution in [3.8, 4) is 10.6 Å². The van der Waals surface area contributed by atoms with Crippen molar-refractivity contribution in [3.63, 3.8) is 0 Å². The summed E-state index contributed by atoms with van der Waals surface area (Å²) < 4.78 is 20.4. The largest absolute Gasteiger partial charge is 0.459 e. The average molecular weight is 318 g/mol. The summed E-state index contributed by atoms with van der Waals surface area (Å²) in [6.45, 7) is 0.597. The topological polar surface area (TPSA) is 69.9 Å². The molecule has 0 aliphatic heterocycles. The molecule has 0 atom stereocenters. The highest BCUT2D eigenvalue weighted by atomic mass is 32.1. The number of carbonyl (C=O) groups excluding carboxylic acids is 1. The van der Waals surface area contributed by atoms with Gasteiger partial charge >= 0.3 is 5.97 Å². The molecule has 0 fully saturated rings. The summed E-state index contributed by atoms with van der Waals surface area (Å²) in [4.78, 5) is 20.1. The van der Waals surface area contributed by atoms with Crippen molar-refractivity contribution < 1.29 is 13.9 Å². The van der Waals surface area contributed by atoms with Crippen LogP contribution in [0.3, 0.4) is 0 Å². The van der Waals surface area contributed by atoms with Crippen LogP contribution in [0.5, 0.6) is 0 Å². The van der Waals surface area contributed by atoms with Crippen molar-refractivity contribution in [3.05, 3.63) is 53.8 Å². The lowest BCUT2D eigenvalue weighted by molar-refractivity contribution is 0.0493. The lowest BCUT2D eigenvalue weighted by Gasteiger charge is -2.02. The number of esters is 1. The van der Waals surface area contributed by atoms with Crippen LogP contribution in [-0.4, -0.2) is 32.3 Å². The minimum Gasteiger partial charge on any atom is -0.459 e. The Kier molecular flexibility index (Phi) is 4.19. The van der Waals surface area contributed by atoms with Crippen molar-refractivity contribution in [2.45, 2.75) is 6.54 Å². The van der Waals surface area contributed by atoms with Crippen LogP contribution < -0.4 is 0 Å². The lowest BCUT2D eigenvalue weighted by atomic mass is 10.2. The lowest BCUT2D eigenvalue weighted by Crippen LogP contribution is -2.10. The van der Waals surface area contributed by atoms with Gasteiger partial charge in [0.05, 0.1) is 12.7 Å². The third kappa shape index (κ3) is 3.17. The molecule has 0 bridgehead atoms. The molecule has 8 heteroatoms. The quantitative estimate of drug-likeness (QED) is 0.676. The van der Waals surface area contributed by atoms with Crippen LogP contribution in [-0.2, 0) is 11.3 Å². The normalized spacial score (nSPS) is 10.6. The molecule has 22 heavy (non-hydrogen) atoms. The number of nitrogens with zero attached hydrogens (tertiary/aromatic N) is 4. The molecule has 0 unspecified atom stereocenters. The van der Waals surface area contributed by atoms with Crippen LogP contribution in [0.2, 0.25) is 0 Å². The standard InChI is InChI=1S/C14H11FN4O2S/c15-11-4-2-1-3-10(11)13-17-7-12(22-13)14(20)21-6-5-19-9-16-8-18-19/h1-4,7-9H,5-6H2. The summed E-state index contributed by atoms with van der Waals surface area (Å²) >= 11 is 1.10. The highest BCUT2D eigenvalue weighted by Crippen LogP contribution is 2.27. The monoisotopic (exact) mass is 318 g/mol. The van der Waals surface area contributed by atoms with Gasteiger partial charge in [0.2, 0.25) is 0 Å². The minimum atomic E-state index is -0.486. The van der Waals surface area contributed by atoms with E-state index in [4.69, 9.17) is 4.74 Å². The maximum absolute atomic E-state index is 13.7. The van der Waals surface area contributed by atoms with Crippen LogP contribution >= 0.6 is 11.3 Å². The van der Waals surface area contributed by atoms with Gasteiger partial charge in [-0.2, -0.15) is 5.10 Å². The van der Waals surface area contributed by atoms with Gasteiger partial charge in [0, 0.05) is 5.56 Å². The average Bonchev–Trinajstić information content (AvgIpc) is 3.19. The Morgan fingerprint density at radius 1 is 1.36 bits per heavy atom. The molecule has 0 saturated heterocycles. The van der Waals surface area contributed by atoms with E-state index in [0.29, 0.717) is 22.0 Å². The van der Waals surface area contributed by atoms with E-state index in [1.807, 2.05) is 0 Å². The van der Waals surface area contributed by atoms with Crippen LogP contribution in [0.1, 0.15) is 9.67 Å². The molecule has 0 spiro atoms. The summed E-state index contributed by atoms with van der Waals surface area (Å²) in [5.41, 5.74) is 0.370. The summed E-state index contributed by atoms with van der Waals surface area (Å²) in [6.07, 6.45) is 4.34. The maximum Gasteiger partial charge on any atom is 0.350 e. The maximum atomic E-state index is 13.7. The van der Waals surface area contributed by atoms with Crippen molar-refractivity contribution in [1.82, 2.24) is 19.7 Å². The smallest absolute Gasteiger partial charge is 0.350 e. The molecule has 3 aromatic rings. The van der Waals surface area contributed by atoms with Gasteiger partial charge in [-0.3, -0.25) is 0 Å². The van der Waals surface area contributed by atoms with Crippen molar-refractivity contribution >= 4 is 17.3 Å². The number of benzene rings is 1. The first-order chi connectivity index (χ1) is 10.7. The molecule has 0 aliphatic carbocycles. The Morgan fingerprint density at radius 3 is 3.00 bits per heavy atom. The highest BCUT2D eigenvalue weighted by molar-refractivity contribution is 7.16. The zero-order valence-electron chi connectivity index (χ0n) is 11.3. The molecule has 0 saturated carbocycles. The summed E-state index contributed by atoms with van der Waals surface area (Å²) in [7, 11) is 0. The predicted molar refractivity (Wildman–Crippen MR) is 77.8 cm³/mol. The van der Waals surface area contributed by atoms with Crippen LogP contribution in [0, 0.1) is 5.82 Å². The molecule has 0 amide bonds. The van der Waals surface area contributed by atoms with Crippen molar-refractivity contribution in [2.75, 3.05) is 6.61 Å². The molecule has 6 nitrogen and oxygen atoms in total. The number of aromatic nitrogens is 4. The zero-order valence-corrected chi connectivity index (χ0v) is 12.2. The fraction of sp³-hybridized carbons (Fsp3) is 0.143. The third-order valence-electron chi connectivity index (χ3n) is 2.83. The fourth-order valence-corrected chi connectivity index (χ4v) is 2.62. The van der Waals surface area contributed by atoms with E-state index in [-0.39, 0.29) is 12.4 Å². The number of ether oxygens (including phenoxy) is 1. The molecule has 0 radical (unpaired) electrons. The zero-order chi connectivity index (χ0) is 15.4. The number of thiazole rings is 1. The van der Waals surface area contributed by atoms with Crippen molar-refractivity contribution in [1.29, 1.82) is 0 Å². The Labute approximate surface area is 129 Å². The molecule has 2 heterocycles. The molecule has 112 valence electrons. The Balaban J connectivity index is 1.63. The Morgan fingerprint density at radius 2 is 2.23 bits per heavy atom. The number of halogens is 1. The Bertz CT molecular complexity index is 773. The number of carbonyl (C=O) groups is 1. The van der Waals surface area contributed by atoms with E-state index >= 15 is 0 Å². The van der Waals surface area contributed by atoms with E-state index < -0.39 is 5.97 Å². The molecule has 1 aromatic carbocycles. The molecular weight excluding hydrogens is 307 g/mol. The molecule has 2 aromatic heterocycles. The first-order valence-corrected chi connectivity index (χ1v) is 7.26. The van der Waals surface area contributed by atoms with Gasteiger partial charge in [-0.1, -0.05) is 12.1 Å². The van der Waals surface area contributed by atoms with Gasteiger partial charge in [-0.05, 0) is 12.1 Å². The molecule has 0 aliphatic rings. The Hall–Kier alpha value is -2.61. The summed E-state index contributed by atoms with van der Waals surface area (Å²) in [5.74, 6) is -0.858. The minimum absolute atomic E-state index is 0.176. The molecular formula is C14H11FN4O2S. The van der Waals surface area contributed by atoms with E-state index in [9.17, 15) is 9.18 Å². The van der Waals surface area contributed by atoms with E-state index in [1.165, 1.54) is 24.9 Å². The number of hydrogen-bond acceptors (Lipinski definition) is 6. The number of hydrogen-bond donors (Lipinski definition) is 0. The summed E-state index contributed by atoms with van der Waals surface area (Å²) in [5, 5.41) is 4.35. The van der Waals surface area contributed by atoms with Crippen LogP contribution in [0.25, 0.3) is 10.6 Å². The van der Waals surface area contributed by atoms with E-state index in [2.05, 4.69) is 15.1 Å². The van der Waals surface area contributed by atoms with Gasteiger partial charge in [-0.15, -0.1) is 11.3 Å². The molecule has 3 rings (SSSR count). The first-order valence-electron chi connectivity index (χ1n) is 6.44. The fourth-order valence-electron chi connectivity index (χ4n) is 1.78. The molecule has 0 N–H and O–H groups in total. The van der Waals surface area contributed by atoms with Gasteiger partial charge < -0.3 is 4.74 Å². The first kappa shape index (κ1) is 14.3. The van der Waals surface area contributed by atoms with Crippen molar-refractivity contribution in [2.24, 2.45) is 0 Å². The van der Waals surface area contributed by atoms with E-state index in [0.717, 1.165) is 11.3 Å². The van der Waals surface area contributed by atoms with Crippen LogP contribution in [0.4, 0.5) is 4.39 Å². The second-order valence-corrected chi connectivity index (χ2v) is 5.33. The SMILES string of the molecule is O=C(OCCn1cncn1)c1cnc(-c2ccccc2F)s1. The van der Waals surface area contributed by atoms with Gasteiger partial charge in [-0.25, -0.2) is 23.8 Å². The van der Waals surface area contributed by atoms with Gasteiger partial charge in [0.1, 0.15) is 35.0 Å². The van der Waals surface area contributed by atoms with Gasteiger partial charge in [0.15, 0.2) is 0 Å². The second-order valence-electron chi connectivity index (χ2n) is 4.30. The van der Waals surface area contributed by atoms with E-state index in [1.54, 1.807) is 22.9 Å². The number of rotatable bonds is 5. The highest BCUT2D eigenvalue weighted by Gasteiger charge is 2.15. The predicted octanol–water partition coefficient (Wildman–Crippen LogP) is 2.40. The third-order valence-corrected chi connectivity index (χ3v) is 3.84. The summed E-state index contributed by atoms with van der Waals surface area (Å²) in [6, 6.07) is 6.29. The second kappa shape index (κ2) is 6.44. The van der Waals surface area contributed by atoms with Crippen LogP contribution in [0.15, 0.2) is 43.1 Å². The van der Waals surface area contributed by atoms with Gasteiger partial charge in [0.25, 0.3) is 0 Å².